The summed E-state index contributed by atoms with van der Waals surface area (Å²) in [5.41, 5.74) is 3.36. The number of aliphatic hydroxyl groups excluding tert-OH is 1. The highest BCUT2D eigenvalue weighted by atomic mass is 35.5. The third-order valence-electron chi connectivity index (χ3n) is 5.92. The molecule has 0 saturated carbocycles. The Bertz CT molecular complexity index is 1330. The molecule has 4 aromatic rings. The number of aliphatic hydroxyl groups is 1. The quantitative estimate of drug-likeness (QED) is 0.453. The van der Waals surface area contributed by atoms with Crippen molar-refractivity contribution in [2.24, 2.45) is 0 Å². The van der Waals surface area contributed by atoms with Crippen LogP contribution >= 0.6 is 11.6 Å². The normalized spacial score (nSPS) is 14.9. The van der Waals surface area contributed by atoms with Gasteiger partial charge in [0.05, 0.1) is 31.5 Å². The number of hydrogen-bond acceptors (Lipinski definition) is 7. The highest BCUT2D eigenvalue weighted by Crippen LogP contribution is 2.37. The fourth-order valence-corrected chi connectivity index (χ4v) is 4.37. The highest BCUT2D eigenvalue weighted by Gasteiger charge is 2.21. The van der Waals surface area contributed by atoms with Gasteiger partial charge in [-0.15, -0.1) is 10.2 Å². The monoisotopic (exact) mass is 480 g/mol. The molecule has 1 saturated heterocycles. The maximum Gasteiger partial charge on any atom is 0.233 e. The molecule has 1 fully saturated rings. The molecule has 7 nitrogen and oxygen atoms in total. The van der Waals surface area contributed by atoms with Gasteiger partial charge in [0.1, 0.15) is 11.9 Å². The average molecular weight is 481 g/mol. The Balaban J connectivity index is 1.55. The van der Waals surface area contributed by atoms with Crippen molar-refractivity contribution in [3.8, 4) is 17.0 Å². The van der Waals surface area contributed by atoms with E-state index in [1.54, 1.807) is 30.5 Å². The van der Waals surface area contributed by atoms with Gasteiger partial charge in [0.25, 0.3) is 0 Å². The first-order chi connectivity index (χ1) is 16.5. The molecule has 3 heterocycles. The topological polar surface area (TPSA) is 80.6 Å². The molecule has 174 valence electrons. The molecule has 0 amide bonds. The Labute approximate surface area is 200 Å². The molecule has 0 bridgehead atoms. The van der Waals surface area contributed by atoms with Crippen molar-refractivity contribution in [2.45, 2.75) is 6.10 Å². The lowest BCUT2D eigenvalue weighted by Gasteiger charge is -2.29. The van der Waals surface area contributed by atoms with Gasteiger partial charge >= 0.3 is 0 Å². The van der Waals surface area contributed by atoms with Gasteiger partial charge < -0.3 is 19.5 Å². The number of morpholine rings is 1. The lowest BCUT2D eigenvalue weighted by atomic mass is 9.96. The molecular weight excluding hydrogens is 459 g/mol. The first-order valence-electron chi connectivity index (χ1n) is 10.8. The van der Waals surface area contributed by atoms with E-state index in [1.165, 1.54) is 13.2 Å². The molecule has 9 heteroatoms. The van der Waals surface area contributed by atoms with Gasteiger partial charge in [0, 0.05) is 52.6 Å². The zero-order valence-corrected chi connectivity index (χ0v) is 19.2. The number of pyridine rings is 1. The van der Waals surface area contributed by atoms with E-state index in [4.69, 9.17) is 21.1 Å². The Kier molecular flexibility index (Phi) is 6.28. The highest BCUT2D eigenvalue weighted by molar-refractivity contribution is 6.31. The first kappa shape index (κ1) is 22.5. The molecule has 0 aliphatic carbocycles. The molecule has 1 atom stereocenters. The van der Waals surface area contributed by atoms with E-state index in [9.17, 15) is 5.11 Å². The van der Waals surface area contributed by atoms with Crippen molar-refractivity contribution in [3.63, 3.8) is 0 Å². The fourth-order valence-electron chi connectivity index (χ4n) is 4.12. The molecule has 2 aromatic heterocycles. The van der Waals surface area contributed by atoms with Gasteiger partial charge in [-0.3, -0.25) is 4.98 Å². The summed E-state index contributed by atoms with van der Waals surface area (Å²) in [7, 11) is 1.48. The lowest BCUT2D eigenvalue weighted by Crippen LogP contribution is -2.36. The summed E-state index contributed by atoms with van der Waals surface area (Å²) < 4.78 is 25.6. The average Bonchev–Trinajstić information content (AvgIpc) is 2.88. The molecule has 2 aromatic carbocycles. The molecule has 0 spiro atoms. The third-order valence-corrected chi connectivity index (χ3v) is 6.25. The van der Waals surface area contributed by atoms with Gasteiger partial charge in [-0.2, -0.15) is 0 Å². The Morgan fingerprint density at radius 2 is 1.88 bits per heavy atom. The second kappa shape index (κ2) is 9.50. The van der Waals surface area contributed by atoms with Crippen LogP contribution < -0.4 is 9.64 Å². The molecule has 1 aliphatic heterocycles. The van der Waals surface area contributed by atoms with Crippen LogP contribution in [-0.2, 0) is 4.74 Å². The van der Waals surface area contributed by atoms with Crippen LogP contribution in [0.3, 0.4) is 0 Å². The first-order valence-corrected chi connectivity index (χ1v) is 11.2. The Morgan fingerprint density at radius 1 is 1.06 bits per heavy atom. The van der Waals surface area contributed by atoms with Crippen molar-refractivity contribution in [2.75, 3.05) is 38.3 Å². The second-order valence-corrected chi connectivity index (χ2v) is 8.32. The number of fused-ring (bicyclic) bond motifs is 1. The molecule has 0 unspecified atom stereocenters. The summed E-state index contributed by atoms with van der Waals surface area (Å²) in [6.45, 7) is 3.00. The summed E-state index contributed by atoms with van der Waals surface area (Å²) in [6.07, 6.45) is 0.464. The van der Waals surface area contributed by atoms with E-state index in [0.717, 1.165) is 29.7 Å². The minimum Gasteiger partial charge on any atom is -0.480 e. The van der Waals surface area contributed by atoms with Crippen molar-refractivity contribution in [1.82, 2.24) is 15.2 Å². The van der Waals surface area contributed by atoms with E-state index in [-0.39, 0.29) is 10.7 Å². The predicted octanol–water partition coefficient (Wildman–Crippen LogP) is 4.41. The number of rotatable bonds is 5. The number of nitrogens with zero attached hydrogens (tertiary/aromatic N) is 4. The summed E-state index contributed by atoms with van der Waals surface area (Å²) in [4.78, 5) is 6.75. The number of benzene rings is 2. The van der Waals surface area contributed by atoms with Crippen LogP contribution in [0.2, 0.25) is 5.02 Å². The minimum absolute atomic E-state index is 0.0966. The van der Waals surface area contributed by atoms with E-state index >= 15 is 4.39 Å². The number of anilines is 1. The summed E-state index contributed by atoms with van der Waals surface area (Å²) in [6, 6.07) is 13.7. The lowest BCUT2D eigenvalue weighted by molar-refractivity contribution is 0.122. The van der Waals surface area contributed by atoms with E-state index in [2.05, 4.69) is 20.1 Å². The number of halogens is 2. The van der Waals surface area contributed by atoms with Crippen LogP contribution in [-0.4, -0.2) is 53.7 Å². The van der Waals surface area contributed by atoms with Crippen LogP contribution in [0, 0.1) is 5.82 Å². The van der Waals surface area contributed by atoms with Gasteiger partial charge in [-0.25, -0.2) is 4.39 Å². The standard InChI is InChI=1S/C25H22ClFN4O3/c1-33-24-5-4-22(29-30-24)25(32)19-13-18(21(27)14-20(19)26)16-6-7-28-23-12-15(2-3-17(16)23)31-8-10-34-11-9-31/h2-7,12-14,25,32H,8-11H2,1H3/t25-/m0/s1. The maximum atomic E-state index is 15.1. The molecule has 1 N–H and O–H groups in total. The van der Waals surface area contributed by atoms with E-state index in [1.807, 2.05) is 18.2 Å². The molecule has 1 aliphatic rings. The predicted molar refractivity (Wildman–Crippen MR) is 128 cm³/mol. The number of hydrogen-bond donors (Lipinski definition) is 1. The maximum absolute atomic E-state index is 15.1. The smallest absolute Gasteiger partial charge is 0.233 e. The van der Waals surface area contributed by atoms with Crippen molar-refractivity contribution in [3.05, 3.63) is 76.8 Å². The van der Waals surface area contributed by atoms with Crippen LogP contribution in [0.4, 0.5) is 10.1 Å². The van der Waals surface area contributed by atoms with E-state index < -0.39 is 11.9 Å². The molecule has 34 heavy (non-hydrogen) atoms. The van der Waals surface area contributed by atoms with E-state index in [0.29, 0.717) is 35.8 Å². The van der Waals surface area contributed by atoms with Crippen molar-refractivity contribution < 1.29 is 19.0 Å². The fraction of sp³-hybridized carbons (Fsp3) is 0.240. The summed E-state index contributed by atoms with van der Waals surface area (Å²) in [5, 5.41) is 19.7. The minimum atomic E-state index is -1.19. The largest absolute Gasteiger partial charge is 0.480 e. The van der Waals surface area contributed by atoms with Crippen LogP contribution in [0.5, 0.6) is 5.88 Å². The summed E-state index contributed by atoms with van der Waals surface area (Å²) >= 11 is 6.32. The zero-order valence-electron chi connectivity index (χ0n) is 18.4. The van der Waals surface area contributed by atoms with Crippen LogP contribution in [0.25, 0.3) is 22.0 Å². The van der Waals surface area contributed by atoms with Crippen LogP contribution in [0.1, 0.15) is 17.4 Å². The second-order valence-electron chi connectivity index (χ2n) is 7.92. The number of aromatic nitrogens is 3. The van der Waals surface area contributed by atoms with Gasteiger partial charge in [-0.05, 0) is 42.0 Å². The Hall–Kier alpha value is -3.33. The van der Waals surface area contributed by atoms with Crippen molar-refractivity contribution >= 4 is 28.2 Å². The Morgan fingerprint density at radius 3 is 2.62 bits per heavy atom. The summed E-state index contributed by atoms with van der Waals surface area (Å²) in [5.74, 6) is -0.173. The third kappa shape index (κ3) is 4.27. The molecule has 5 rings (SSSR count). The van der Waals surface area contributed by atoms with Gasteiger partial charge in [-0.1, -0.05) is 17.7 Å². The number of methoxy groups -OCH3 is 1. The van der Waals surface area contributed by atoms with Crippen LogP contribution in [0.15, 0.2) is 54.7 Å². The molecular formula is C25H22ClFN4O3. The van der Waals surface area contributed by atoms with Gasteiger partial charge in [0.2, 0.25) is 5.88 Å². The SMILES string of the molecule is COc1ccc([C@@H](O)c2cc(-c3ccnc4cc(N5CCOCC5)ccc34)c(F)cc2Cl)nn1. The zero-order chi connectivity index (χ0) is 23.7. The van der Waals surface area contributed by atoms with Crippen molar-refractivity contribution in [1.29, 1.82) is 0 Å². The number of ether oxygens (including phenoxy) is 2. The van der Waals surface area contributed by atoms with Gasteiger partial charge in [0.15, 0.2) is 0 Å². The molecule has 0 radical (unpaired) electrons.